The number of hydrogen-bond acceptors (Lipinski definition) is 3. The third-order valence-corrected chi connectivity index (χ3v) is 6.99. The maximum Gasteiger partial charge on any atom is 0.0712 e. The van der Waals surface area contributed by atoms with Gasteiger partial charge in [-0.1, -0.05) is 72.6 Å². The fourth-order valence-electron chi connectivity index (χ4n) is 4.73. The Kier molecular flexibility index (Phi) is 13.0. The van der Waals surface area contributed by atoms with Crippen LogP contribution in [0.2, 0.25) is 0 Å². The van der Waals surface area contributed by atoms with Gasteiger partial charge in [0.1, 0.15) is 0 Å². The minimum atomic E-state index is -0.0989. The normalized spacial score (nSPS) is 24.4. The van der Waals surface area contributed by atoms with E-state index in [9.17, 15) is 0 Å². The van der Waals surface area contributed by atoms with Gasteiger partial charge < -0.3 is 4.74 Å². The summed E-state index contributed by atoms with van der Waals surface area (Å²) < 4.78 is 6.32. The van der Waals surface area contributed by atoms with Crippen molar-refractivity contribution in [1.82, 2.24) is 5.06 Å². The van der Waals surface area contributed by atoms with E-state index in [0.29, 0.717) is 0 Å². The van der Waals surface area contributed by atoms with Crippen molar-refractivity contribution in [2.45, 2.75) is 111 Å². The highest BCUT2D eigenvalue weighted by atomic mass is 16.7. The fraction of sp³-hybridized carbons (Fsp3) is 1.00. The predicted molar refractivity (Wildman–Crippen MR) is 126 cm³/mol. The zero-order valence-electron chi connectivity index (χ0n) is 21.1. The Morgan fingerprint density at radius 2 is 1.69 bits per heavy atom. The molecular weight excluding hydrogens is 358 g/mol. The molecule has 1 fully saturated rings. The highest BCUT2D eigenvalue weighted by Gasteiger charge is 2.29. The Labute approximate surface area is 183 Å². The van der Waals surface area contributed by atoms with Crippen LogP contribution < -0.4 is 0 Å². The predicted octanol–water partition coefficient (Wildman–Crippen LogP) is 7.35. The van der Waals surface area contributed by atoms with E-state index in [2.05, 4.69) is 41.5 Å². The molecule has 3 nitrogen and oxygen atoms in total. The van der Waals surface area contributed by atoms with E-state index in [4.69, 9.17) is 9.57 Å². The van der Waals surface area contributed by atoms with Crippen LogP contribution in [-0.2, 0) is 9.57 Å². The second-order valence-corrected chi connectivity index (χ2v) is 11.2. The standard InChI is InChI=1S/C26H53NO2/c1-21(2)11-9-12-22(3)13-10-14-24-15-16-25(23(4)19-24)20-28-26(5,6)17-18-29-27(7)8/h21-25H,9-20H2,1-8H3. The molecule has 29 heavy (non-hydrogen) atoms. The molecule has 0 spiro atoms. The van der Waals surface area contributed by atoms with Crippen LogP contribution in [0.4, 0.5) is 0 Å². The van der Waals surface area contributed by atoms with E-state index in [0.717, 1.165) is 49.2 Å². The Bertz CT molecular complexity index is 408. The summed E-state index contributed by atoms with van der Waals surface area (Å²) in [5.41, 5.74) is -0.0989. The first-order chi connectivity index (χ1) is 13.6. The summed E-state index contributed by atoms with van der Waals surface area (Å²) in [6, 6.07) is 0. The molecule has 0 aromatic carbocycles. The first-order valence-electron chi connectivity index (χ1n) is 12.5. The van der Waals surface area contributed by atoms with Crippen molar-refractivity contribution >= 4 is 0 Å². The van der Waals surface area contributed by atoms with E-state index in [-0.39, 0.29) is 5.60 Å². The second-order valence-electron chi connectivity index (χ2n) is 11.2. The minimum Gasteiger partial charge on any atom is -0.375 e. The highest BCUT2D eigenvalue weighted by Crippen LogP contribution is 2.37. The maximum absolute atomic E-state index is 6.32. The van der Waals surface area contributed by atoms with Crippen LogP contribution in [0.25, 0.3) is 0 Å². The van der Waals surface area contributed by atoms with E-state index >= 15 is 0 Å². The summed E-state index contributed by atoms with van der Waals surface area (Å²) in [6.45, 7) is 15.6. The molecule has 0 radical (unpaired) electrons. The van der Waals surface area contributed by atoms with Gasteiger partial charge in [0.15, 0.2) is 0 Å². The Hall–Kier alpha value is -0.120. The summed E-state index contributed by atoms with van der Waals surface area (Å²) >= 11 is 0. The average Bonchev–Trinajstić information content (AvgIpc) is 2.60. The summed E-state index contributed by atoms with van der Waals surface area (Å²) in [5, 5.41) is 1.77. The first-order valence-corrected chi connectivity index (χ1v) is 12.5. The topological polar surface area (TPSA) is 21.7 Å². The molecule has 1 aliphatic carbocycles. The van der Waals surface area contributed by atoms with Gasteiger partial charge in [-0.25, -0.2) is 0 Å². The first kappa shape index (κ1) is 26.9. The van der Waals surface area contributed by atoms with Crippen molar-refractivity contribution < 1.29 is 9.57 Å². The largest absolute Gasteiger partial charge is 0.375 e. The Balaban J connectivity index is 2.18. The Morgan fingerprint density at radius 1 is 1.00 bits per heavy atom. The van der Waals surface area contributed by atoms with Crippen molar-refractivity contribution in [3.8, 4) is 0 Å². The van der Waals surface area contributed by atoms with Gasteiger partial charge >= 0.3 is 0 Å². The van der Waals surface area contributed by atoms with Crippen LogP contribution in [0.5, 0.6) is 0 Å². The molecule has 0 amide bonds. The average molecular weight is 412 g/mol. The molecular formula is C26H53NO2. The van der Waals surface area contributed by atoms with Crippen LogP contribution in [0.1, 0.15) is 106 Å². The number of ether oxygens (including phenoxy) is 1. The number of hydrogen-bond donors (Lipinski definition) is 0. The van der Waals surface area contributed by atoms with Crippen LogP contribution in [0, 0.1) is 29.6 Å². The number of rotatable bonds is 15. The van der Waals surface area contributed by atoms with Crippen LogP contribution in [0.3, 0.4) is 0 Å². The molecule has 0 aromatic heterocycles. The zero-order chi connectivity index (χ0) is 21.9. The van der Waals surface area contributed by atoms with Crippen molar-refractivity contribution in [2.75, 3.05) is 27.3 Å². The summed E-state index contributed by atoms with van der Waals surface area (Å²) in [4.78, 5) is 5.54. The minimum absolute atomic E-state index is 0.0989. The monoisotopic (exact) mass is 411 g/mol. The molecule has 0 bridgehead atoms. The number of hydroxylamine groups is 2. The Morgan fingerprint density at radius 3 is 2.31 bits per heavy atom. The molecule has 0 heterocycles. The lowest BCUT2D eigenvalue weighted by Crippen LogP contribution is -2.33. The van der Waals surface area contributed by atoms with E-state index in [1.807, 2.05) is 14.1 Å². The van der Waals surface area contributed by atoms with Gasteiger partial charge in [0, 0.05) is 20.5 Å². The molecule has 0 aliphatic heterocycles. The highest BCUT2D eigenvalue weighted by molar-refractivity contribution is 4.79. The van der Waals surface area contributed by atoms with E-state index in [1.165, 1.54) is 57.8 Å². The molecule has 4 unspecified atom stereocenters. The smallest absolute Gasteiger partial charge is 0.0712 e. The van der Waals surface area contributed by atoms with Gasteiger partial charge in [0.2, 0.25) is 0 Å². The quantitative estimate of drug-likeness (QED) is 0.263. The summed E-state index contributed by atoms with van der Waals surface area (Å²) in [5.74, 6) is 4.25. The third kappa shape index (κ3) is 13.0. The van der Waals surface area contributed by atoms with Gasteiger partial charge in [0.25, 0.3) is 0 Å². The summed E-state index contributed by atoms with van der Waals surface area (Å²) in [7, 11) is 3.86. The third-order valence-electron chi connectivity index (χ3n) is 6.99. The molecule has 0 aromatic rings. The van der Waals surface area contributed by atoms with E-state index in [1.54, 1.807) is 5.06 Å². The summed E-state index contributed by atoms with van der Waals surface area (Å²) in [6.07, 6.45) is 13.6. The van der Waals surface area contributed by atoms with Crippen molar-refractivity contribution in [3.63, 3.8) is 0 Å². The molecule has 174 valence electrons. The lowest BCUT2D eigenvalue weighted by atomic mass is 9.73. The lowest BCUT2D eigenvalue weighted by Gasteiger charge is -2.36. The molecule has 0 N–H and O–H groups in total. The van der Waals surface area contributed by atoms with Crippen molar-refractivity contribution in [3.05, 3.63) is 0 Å². The van der Waals surface area contributed by atoms with Crippen LogP contribution >= 0.6 is 0 Å². The van der Waals surface area contributed by atoms with Gasteiger partial charge in [-0.2, -0.15) is 5.06 Å². The van der Waals surface area contributed by atoms with Gasteiger partial charge in [-0.15, -0.1) is 0 Å². The molecule has 1 aliphatic rings. The van der Waals surface area contributed by atoms with Gasteiger partial charge in [-0.05, 0) is 56.3 Å². The fourth-order valence-corrected chi connectivity index (χ4v) is 4.73. The molecule has 4 atom stereocenters. The van der Waals surface area contributed by atoms with E-state index < -0.39 is 0 Å². The second kappa shape index (κ2) is 14.0. The van der Waals surface area contributed by atoms with Crippen LogP contribution in [0.15, 0.2) is 0 Å². The van der Waals surface area contributed by atoms with Gasteiger partial charge in [0.05, 0.1) is 18.8 Å². The van der Waals surface area contributed by atoms with Gasteiger partial charge in [-0.3, -0.25) is 4.84 Å². The molecule has 1 saturated carbocycles. The van der Waals surface area contributed by atoms with Crippen molar-refractivity contribution in [1.29, 1.82) is 0 Å². The molecule has 1 rings (SSSR count). The lowest BCUT2D eigenvalue weighted by molar-refractivity contribution is -0.142. The zero-order valence-corrected chi connectivity index (χ0v) is 21.1. The maximum atomic E-state index is 6.32. The SMILES string of the molecule is CC(C)CCCC(C)CCCC1CCC(COC(C)(C)CCON(C)C)C(C)C1. The van der Waals surface area contributed by atoms with Crippen molar-refractivity contribution in [2.24, 2.45) is 29.6 Å². The number of nitrogens with zero attached hydrogens (tertiary/aromatic N) is 1. The van der Waals surface area contributed by atoms with Crippen LogP contribution in [-0.4, -0.2) is 38.0 Å². The molecule has 3 heteroatoms. The molecule has 0 saturated heterocycles.